The third-order valence-corrected chi connectivity index (χ3v) is 4.53. The first-order chi connectivity index (χ1) is 8.72. The minimum absolute atomic E-state index is 0.859. The van der Waals surface area contributed by atoms with Crippen molar-refractivity contribution in [2.45, 2.75) is 13.3 Å². The zero-order chi connectivity index (χ0) is 12.5. The molecule has 3 rings (SSSR count). The zero-order valence-electron chi connectivity index (χ0n) is 10.1. The Bertz CT molecular complexity index is 664. The molecule has 0 radical (unpaired) electrons. The highest BCUT2D eigenvalue weighted by Crippen LogP contribution is 2.29. The van der Waals surface area contributed by atoms with Gasteiger partial charge in [0.25, 0.3) is 0 Å². The fourth-order valence-electron chi connectivity index (χ4n) is 2.15. The summed E-state index contributed by atoms with van der Waals surface area (Å²) in [6, 6.07) is 17.0. The molecule has 0 saturated carbocycles. The van der Waals surface area contributed by atoms with Gasteiger partial charge in [0.05, 0.1) is 0 Å². The second-order valence-corrected chi connectivity index (χ2v) is 6.10. The van der Waals surface area contributed by atoms with E-state index in [0.717, 1.165) is 11.4 Å². The van der Waals surface area contributed by atoms with Crippen molar-refractivity contribution in [3.8, 4) is 0 Å². The molecular weight excluding hydrogens is 260 g/mol. The number of hydrogen-bond acceptors (Lipinski definition) is 1. The van der Waals surface area contributed by atoms with Gasteiger partial charge >= 0.3 is 0 Å². The van der Waals surface area contributed by atoms with Crippen LogP contribution in [0.15, 0.2) is 48.5 Å². The number of hydrogen-bond donors (Lipinski definition) is 0. The fraction of sp³-hybridized carbons (Fsp3) is 0.125. The number of benzene rings is 2. The molecule has 18 heavy (non-hydrogen) atoms. The highest BCUT2D eigenvalue weighted by atomic mass is 35.5. The van der Waals surface area contributed by atoms with Gasteiger partial charge in [0.15, 0.2) is 0 Å². The van der Waals surface area contributed by atoms with E-state index in [4.69, 9.17) is 11.6 Å². The van der Waals surface area contributed by atoms with Gasteiger partial charge in [0, 0.05) is 21.0 Å². The molecule has 0 unspecified atom stereocenters. The molecule has 2 aromatic carbocycles. The van der Waals surface area contributed by atoms with Crippen LogP contribution in [-0.2, 0) is 6.42 Å². The van der Waals surface area contributed by atoms with E-state index in [0.29, 0.717) is 0 Å². The van der Waals surface area contributed by atoms with Crippen molar-refractivity contribution in [2.75, 3.05) is 0 Å². The van der Waals surface area contributed by atoms with Crippen molar-refractivity contribution >= 4 is 33.0 Å². The Morgan fingerprint density at radius 3 is 2.72 bits per heavy atom. The highest BCUT2D eigenvalue weighted by Gasteiger charge is 2.05. The standard InChI is InChI=1S/C16H13ClS/c1-11-6-7-15(17)13(8-11)10-14-9-12-4-2-3-5-16(12)18-14/h2-9H,10H2,1H3. The summed E-state index contributed by atoms with van der Waals surface area (Å²) in [6.07, 6.45) is 0.917. The van der Waals surface area contributed by atoms with E-state index in [2.05, 4.69) is 49.4 Å². The molecule has 0 atom stereocenters. The van der Waals surface area contributed by atoms with Crippen molar-refractivity contribution in [1.29, 1.82) is 0 Å². The van der Waals surface area contributed by atoms with Crippen LogP contribution in [0.2, 0.25) is 5.02 Å². The van der Waals surface area contributed by atoms with Gasteiger partial charge in [0.2, 0.25) is 0 Å². The fourth-order valence-corrected chi connectivity index (χ4v) is 3.42. The molecule has 0 spiro atoms. The van der Waals surface area contributed by atoms with Gasteiger partial charge in [-0.1, -0.05) is 47.5 Å². The number of rotatable bonds is 2. The molecule has 1 heterocycles. The van der Waals surface area contributed by atoms with Crippen LogP contribution < -0.4 is 0 Å². The van der Waals surface area contributed by atoms with Crippen molar-refractivity contribution in [3.63, 3.8) is 0 Å². The van der Waals surface area contributed by atoms with E-state index >= 15 is 0 Å². The quantitative estimate of drug-likeness (QED) is 0.582. The first-order valence-corrected chi connectivity index (χ1v) is 7.14. The molecule has 2 heteroatoms. The van der Waals surface area contributed by atoms with Crippen LogP contribution in [0.3, 0.4) is 0 Å². The van der Waals surface area contributed by atoms with E-state index < -0.39 is 0 Å². The number of halogens is 1. The summed E-state index contributed by atoms with van der Waals surface area (Å²) in [5, 5.41) is 2.18. The molecule has 90 valence electrons. The summed E-state index contributed by atoms with van der Waals surface area (Å²) < 4.78 is 1.34. The van der Waals surface area contributed by atoms with Crippen LogP contribution in [-0.4, -0.2) is 0 Å². The summed E-state index contributed by atoms with van der Waals surface area (Å²) in [6.45, 7) is 2.10. The van der Waals surface area contributed by atoms with E-state index in [1.54, 1.807) is 0 Å². The van der Waals surface area contributed by atoms with Crippen molar-refractivity contribution in [1.82, 2.24) is 0 Å². The van der Waals surface area contributed by atoms with Gasteiger partial charge in [0.1, 0.15) is 0 Å². The SMILES string of the molecule is Cc1ccc(Cl)c(Cc2cc3ccccc3s2)c1. The van der Waals surface area contributed by atoms with Gasteiger partial charge in [-0.25, -0.2) is 0 Å². The Labute approximate surface area is 116 Å². The van der Waals surface area contributed by atoms with E-state index in [9.17, 15) is 0 Å². The van der Waals surface area contributed by atoms with Crippen molar-refractivity contribution in [3.05, 3.63) is 69.6 Å². The largest absolute Gasteiger partial charge is 0.140 e. The molecule has 0 aliphatic carbocycles. The Morgan fingerprint density at radius 1 is 1.06 bits per heavy atom. The normalized spacial score (nSPS) is 11.0. The summed E-state index contributed by atoms with van der Waals surface area (Å²) in [7, 11) is 0. The first kappa shape index (κ1) is 11.8. The Kier molecular flexibility index (Phi) is 3.11. The maximum atomic E-state index is 6.25. The van der Waals surface area contributed by atoms with Crippen LogP contribution >= 0.6 is 22.9 Å². The lowest BCUT2D eigenvalue weighted by Gasteiger charge is -2.03. The minimum Gasteiger partial charge on any atom is -0.140 e. The maximum absolute atomic E-state index is 6.25. The molecule has 0 aliphatic heterocycles. The smallest absolute Gasteiger partial charge is 0.0441 e. The molecular formula is C16H13ClS. The summed E-state index contributed by atoms with van der Waals surface area (Å²) in [5.41, 5.74) is 2.47. The average Bonchev–Trinajstić information content (AvgIpc) is 2.76. The summed E-state index contributed by atoms with van der Waals surface area (Å²) in [5.74, 6) is 0. The Balaban J connectivity index is 1.98. The zero-order valence-corrected chi connectivity index (χ0v) is 11.7. The second kappa shape index (κ2) is 4.75. The third kappa shape index (κ3) is 2.29. The van der Waals surface area contributed by atoms with Crippen LogP contribution in [0.4, 0.5) is 0 Å². The summed E-state index contributed by atoms with van der Waals surface area (Å²) in [4.78, 5) is 1.36. The summed E-state index contributed by atoms with van der Waals surface area (Å²) >= 11 is 8.10. The van der Waals surface area contributed by atoms with Crippen LogP contribution in [0, 0.1) is 6.92 Å². The van der Waals surface area contributed by atoms with Crippen molar-refractivity contribution < 1.29 is 0 Å². The Hall–Kier alpha value is -1.31. The topological polar surface area (TPSA) is 0 Å². The van der Waals surface area contributed by atoms with E-state index in [1.807, 2.05) is 17.4 Å². The lowest BCUT2D eigenvalue weighted by atomic mass is 10.1. The van der Waals surface area contributed by atoms with Gasteiger partial charge in [-0.3, -0.25) is 0 Å². The van der Waals surface area contributed by atoms with E-state index in [1.165, 1.54) is 26.1 Å². The number of aryl methyl sites for hydroxylation is 1. The van der Waals surface area contributed by atoms with Crippen molar-refractivity contribution in [2.24, 2.45) is 0 Å². The van der Waals surface area contributed by atoms with Gasteiger partial charge in [-0.05, 0) is 36.1 Å². The lowest BCUT2D eigenvalue weighted by Crippen LogP contribution is -1.87. The predicted octanol–water partition coefficient (Wildman–Crippen LogP) is 5.45. The first-order valence-electron chi connectivity index (χ1n) is 5.95. The monoisotopic (exact) mass is 272 g/mol. The van der Waals surface area contributed by atoms with Gasteiger partial charge in [-0.2, -0.15) is 0 Å². The van der Waals surface area contributed by atoms with Crippen LogP contribution in [0.25, 0.3) is 10.1 Å². The molecule has 0 saturated heterocycles. The molecule has 3 aromatic rings. The predicted molar refractivity (Wildman–Crippen MR) is 80.8 cm³/mol. The molecule has 0 aliphatic rings. The maximum Gasteiger partial charge on any atom is 0.0441 e. The van der Waals surface area contributed by atoms with E-state index in [-0.39, 0.29) is 0 Å². The highest BCUT2D eigenvalue weighted by molar-refractivity contribution is 7.19. The molecule has 0 amide bonds. The number of fused-ring (bicyclic) bond motifs is 1. The lowest BCUT2D eigenvalue weighted by molar-refractivity contribution is 1.23. The third-order valence-electron chi connectivity index (χ3n) is 3.04. The molecule has 0 fully saturated rings. The Morgan fingerprint density at radius 2 is 1.89 bits per heavy atom. The van der Waals surface area contributed by atoms with Gasteiger partial charge < -0.3 is 0 Å². The molecule has 0 N–H and O–H groups in total. The average molecular weight is 273 g/mol. The molecule has 1 aromatic heterocycles. The molecule has 0 nitrogen and oxygen atoms in total. The molecule has 0 bridgehead atoms. The van der Waals surface area contributed by atoms with Gasteiger partial charge in [-0.15, -0.1) is 11.3 Å². The van der Waals surface area contributed by atoms with Crippen LogP contribution in [0.1, 0.15) is 16.0 Å². The minimum atomic E-state index is 0.859. The second-order valence-electron chi connectivity index (χ2n) is 4.52. The van der Waals surface area contributed by atoms with Crippen LogP contribution in [0.5, 0.6) is 0 Å². The number of thiophene rings is 1.